The van der Waals surface area contributed by atoms with Gasteiger partial charge in [0.25, 0.3) is 11.6 Å². The van der Waals surface area contributed by atoms with Crippen molar-refractivity contribution in [2.24, 2.45) is 7.05 Å². The number of nitro groups is 1. The fraction of sp³-hybridized carbons (Fsp3) is 0.0588. The molecule has 0 saturated heterocycles. The van der Waals surface area contributed by atoms with Crippen LogP contribution in [0.15, 0.2) is 48.7 Å². The second kappa shape index (κ2) is 7.92. The smallest absolute Gasteiger partial charge is 0.277 e. The minimum atomic E-state index is -0.561. The molecular formula is C17H12ClIN4O4. The van der Waals surface area contributed by atoms with Crippen LogP contribution in [0, 0.1) is 13.7 Å². The Morgan fingerprint density at radius 1 is 1.26 bits per heavy atom. The van der Waals surface area contributed by atoms with Crippen LogP contribution < -0.4 is 10.1 Å². The average molecular weight is 499 g/mol. The maximum absolute atomic E-state index is 12.4. The van der Waals surface area contributed by atoms with Gasteiger partial charge in [0.1, 0.15) is 11.5 Å². The maximum Gasteiger partial charge on any atom is 0.277 e. The first-order valence-corrected chi connectivity index (χ1v) is 9.01. The molecule has 0 fully saturated rings. The topological polar surface area (TPSA) is 99.3 Å². The summed E-state index contributed by atoms with van der Waals surface area (Å²) in [6, 6.07) is 10.6. The van der Waals surface area contributed by atoms with E-state index in [-0.39, 0.29) is 22.8 Å². The highest BCUT2D eigenvalue weighted by Crippen LogP contribution is 2.30. The largest absolute Gasteiger partial charge is 0.457 e. The number of nitro benzene ring substituents is 1. The predicted molar refractivity (Wildman–Crippen MR) is 109 cm³/mol. The van der Waals surface area contributed by atoms with Gasteiger partial charge in [-0.15, -0.1) is 0 Å². The first-order chi connectivity index (χ1) is 12.8. The molecule has 0 unspecified atom stereocenters. The lowest BCUT2D eigenvalue weighted by atomic mass is 10.2. The van der Waals surface area contributed by atoms with Crippen molar-refractivity contribution in [2.45, 2.75) is 0 Å². The zero-order chi connectivity index (χ0) is 19.6. The number of benzene rings is 2. The highest BCUT2D eigenvalue weighted by Gasteiger charge is 2.17. The van der Waals surface area contributed by atoms with Crippen molar-refractivity contribution in [3.05, 3.63) is 73.1 Å². The van der Waals surface area contributed by atoms with Crippen LogP contribution in [-0.2, 0) is 7.05 Å². The van der Waals surface area contributed by atoms with Gasteiger partial charge in [-0.1, -0.05) is 11.6 Å². The summed E-state index contributed by atoms with van der Waals surface area (Å²) in [5.74, 6) is 0.187. The number of halogens is 2. The van der Waals surface area contributed by atoms with E-state index in [9.17, 15) is 14.9 Å². The highest BCUT2D eigenvalue weighted by atomic mass is 127. The lowest BCUT2D eigenvalue weighted by molar-refractivity contribution is -0.384. The molecule has 0 aliphatic rings. The van der Waals surface area contributed by atoms with Crippen molar-refractivity contribution in [2.75, 3.05) is 5.32 Å². The molecule has 0 spiro atoms. The van der Waals surface area contributed by atoms with Crippen molar-refractivity contribution >= 4 is 51.5 Å². The molecule has 1 aromatic heterocycles. The molecule has 138 valence electrons. The zero-order valence-corrected chi connectivity index (χ0v) is 16.8. The molecule has 10 heteroatoms. The van der Waals surface area contributed by atoms with Crippen LogP contribution in [0.25, 0.3) is 0 Å². The molecule has 0 aliphatic carbocycles. The minimum absolute atomic E-state index is 0.206. The van der Waals surface area contributed by atoms with Gasteiger partial charge in [-0.05, 0) is 46.9 Å². The van der Waals surface area contributed by atoms with Crippen LogP contribution in [0.5, 0.6) is 11.5 Å². The van der Waals surface area contributed by atoms with Gasteiger partial charge >= 0.3 is 0 Å². The number of ether oxygens (including phenoxy) is 1. The summed E-state index contributed by atoms with van der Waals surface area (Å²) < 4.78 is 7.82. The zero-order valence-electron chi connectivity index (χ0n) is 13.8. The van der Waals surface area contributed by atoms with E-state index in [1.807, 2.05) is 22.6 Å². The number of amides is 1. The van der Waals surface area contributed by atoms with Crippen molar-refractivity contribution in [1.82, 2.24) is 9.78 Å². The van der Waals surface area contributed by atoms with Gasteiger partial charge in [0, 0.05) is 30.4 Å². The van der Waals surface area contributed by atoms with Crippen molar-refractivity contribution in [3.8, 4) is 11.5 Å². The monoisotopic (exact) mass is 498 g/mol. The lowest BCUT2D eigenvalue weighted by Crippen LogP contribution is -2.14. The Kier molecular flexibility index (Phi) is 5.61. The molecule has 1 heterocycles. The van der Waals surface area contributed by atoms with Gasteiger partial charge in [0.15, 0.2) is 5.69 Å². The van der Waals surface area contributed by atoms with Crippen molar-refractivity contribution in [3.63, 3.8) is 0 Å². The number of nitrogens with zero attached hydrogens (tertiary/aromatic N) is 3. The summed E-state index contributed by atoms with van der Waals surface area (Å²) in [6.45, 7) is 0. The molecule has 1 N–H and O–H groups in total. The normalized spacial score (nSPS) is 10.5. The van der Waals surface area contributed by atoms with Gasteiger partial charge in [0.2, 0.25) is 0 Å². The van der Waals surface area contributed by atoms with Gasteiger partial charge in [-0.3, -0.25) is 19.6 Å². The van der Waals surface area contributed by atoms with E-state index in [0.717, 1.165) is 0 Å². The molecule has 3 aromatic rings. The fourth-order valence-corrected chi connectivity index (χ4v) is 3.14. The molecule has 0 aliphatic heterocycles. The van der Waals surface area contributed by atoms with Crippen LogP contribution in [0.2, 0.25) is 5.02 Å². The molecule has 3 rings (SSSR count). The number of non-ortho nitro benzene ring substituents is 1. The summed E-state index contributed by atoms with van der Waals surface area (Å²) in [5.41, 5.74) is 0.233. The SMILES string of the molecule is Cn1cc(I)c(C(=O)Nc2cc(Oc3ccc(Cl)cc3)cc([N+](=O)[O-])c2)n1. The molecule has 8 nitrogen and oxygen atoms in total. The number of carbonyl (C=O) groups excluding carboxylic acids is 1. The van der Waals surface area contributed by atoms with Crippen molar-refractivity contribution < 1.29 is 14.5 Å². The number of rotatable bonds is 5. The summed E-state index contributed by atoms with van der Waals surface area (Å²) in [4.78, 5) is 23.1. The van der Waals surface area contributed by atoms with Crippen LogP contribution in [0.4, 0.5) is 11.4 Å². The second-order valence-electron chi connectivity index (χ2n) is 5.48. The van der Waals surface area contributed by atoms with Crippen LogP contribution in [-0.4, -0.2) is 20.6 Å². The minimum Gasteiger partial charge on any atom is -0.457 e. The predicted octanol–water partition coefficient (Wildman–Crippen LogP) is 4.63. The molecule has 1 amide bonds. The van der Waals surface area contributed by atoms with E-state index < -0.39 is 10.8 Å². The number of aromatic nitrogens is 2. The highest BCUT2D eigenvalue weighted by molar-refractivity contribution is 14.1. The maximum atomic E-state index is 12.4. The molecular weight excluding hydrogens is 487 g/mol. The van der Waals surface area contributed by atoms with E-state index in [0.29, 0.717) is 14.3 Å². The average Bonchev–Trinajstić information content (AvgIpc) is 2.95. The summed E-state index contributed by atoms with van der Waals surface area (Å²) in [5, 5.41) is 18.5. The molecule has 27 heavy (non-hydrogen) atoms. The number of anilines is 1. The van der Waals surface area contributed by atoms with Gasteiger partial charge < -0.3 is 10.1 Å². The third-order valence-electron chi connectivity index (χ3n) is 3.41. The third-order valence-corrected chi connectivity index (χ3v) is 4.45. The summed E-state index contributed by atoms with van der Waals surface area (Å²) in [7, 11) is 1.70. The van der Waals surface area contributed by atoms with E-state index >= 15 is 0 Å². The molecule has 0 radical (unpaired) electrons. The Balaban J connectivity index is 1.89. The third kappa shape index (κ3) is 4.74. The lowest BCUT2D eigenvalue weighted by Gasteiger charge is -2.09. The van der Waals surface area contributed by atoms with E-state index in [1.54, 1.807) is 37.5 Å². The fourth-order valence-electron chi connectivity index (χ4n) is 2.26. The first kappa shape index (κ1) is 19.1. The first-order valence-electron chi connectivity index (χ1n) is 7.55. The second-order valence-corrected chi connectivity index (χ2v) is 7.08. The van der Waals surface area contributed by atoms with Gasteiger partial charge in [-0.2, -0.15) is 5.10 Å². The van der Waals surface area contributed by atoms with Crippen LogP contribution in [0.1, 0.15) is 10.5 Å². The Labute approximate surface area is 172 Å². The molecule has 2 aromatic carbocycles. The number of nitrogens with one attached hydrogen (secondary N) is 1. The Bertz CT molecular complexity index is 1020. The number of carbonyl (C=O) groups is 1. The molecule has 0 bridgehead atoms. The standard InChI is InChI=1S/C17H12ClIN4O4/c1-22-9-15(19)16(21-22)17(24)20-11-6-12(23(25)26)8-14(7-11)27-13-4-2-10(18)3-5-13/h2-9H,1H3,(H,20,24). The summed E-state index contributed by atoms with van der Waals surface area (Å²) >= 11 is 7.83. The van der Waals surface area contributed by atoms with Crippen LogP contribution in [0.3, 0.4) is 0 Å². The van der Waals surface area contributed by atoms with Crippen LogP contribution >= 0.6 is 34.2 Å². The van der Waals surface area contributed by atoms with E-state index in [4.69, 9.17) is 16.3 Å². The Morgan fingerprint density at radius 2 is 1.96 bits per heavy atom. The van der Waals surface area contributed by atoms with Gasteiger partial charge in [-0.25, -0.2) is 0 Å². The number of hydrogen-bond acceptors (Lipinski definition) is 5. The quantitative estimate of drug-likeness (QED) is 0.314. The summed E-state index contributed by atoms with van der Waals surface area (Å²) in [6.07, 6.45) is 1.69. The molecule has 0 saturated carbocycles. The van der Waals surface area contributed by atoms with Crippen molar-refractivity contribution in [1.29, 1.82) is 0 Å². The van der Waals surface area contributed by atoms with E-state index in [2.05, 4.69) is 10.4 Å². The Hall–Kier alpha value is -2.66. The van der Waals surface area contributed by atoms with E-state index in [1.165, 1.54) is 22.9 Å². The Morgan fingerprint density at radius 3 is 2.56 bits per heavy atom. The van der Waals surface area contributed by atoms with Gasteiger partial charge in [0.05, 0.1) is 20.2 Å². The number of hydrogen-bond donors (Lipinski definition) is 1. The number of aryl methyl sites for hydroxylation is 1. The molecule has 0 atom stereocenters.